The molecular formula is C28H34ClN7O. The van der Waals surface area contributed by atoms with Crippen molar-refractivity contribution in [2.75, 3.05) is 44.2 Å². The fourth-order valence-electron chi connectivity index (χ4n) is 5.16. The predicted molar refractivity (Wildman–Crippen MR) is 146 cm³/mol. The van der Waals surface area contributed by atoms with Gasteiger partial charge >= 0.3 is 0 Å². The zero-order valence-electron chi connectivity index (χ0n) is 21.2. The molecule has 3 heterocycles. The van der Waals surface area contributed by atoms with E-state index >= 15 is 0 Å². The average Bonchev–Trinajstić information content (AvgIpc) is 3.31. The van der Waals surface area contributed by atoms with Crippen molar-refractivity contribution in [2.24, 2.45) is 17.6 Å². The van der Waals surface area contributed by atoms with Gasteiger partial charge in [0.1, 0.15) is 6.07 Å². The van der Waals surface area contributed by atoms with Crippen LogP contribution < -0.4 is 16.0 Å². The number of anilines is 1. The summed E-state index contributed by atoms with van der Waals surface area (Å²) in [6, 6.07) is 13.7. The number of halogens is 1. The Labute approximate surface area is 223 Å². The molecule has 0 bridgehead atoms. The number of carbonyl (C=O) groups is 1. The fraction of sp³-hybridized carbons (Fsp3) is 0.429. The highest BCUT2D eigenvalue weighted by Gasteiger charge is 2.39. The summed E-state index contributed by atoms with van der Waals surface area (Å²) in [6.07, 6.45) is 7.97. The zero-order chi connectivity index (χ0) is 26.2. The number of hydrogen-bond donors (Lipinski definition) is 2. The summed E-state index contributed by atoms with van der Waals surface area (Å²) in [5.41, 5.74) is 8.22. The number of nitrogens with zero attached hydrogens (tertiary/aromatic N) is 5. The van der Waals surface area contributed by atoms with Gasteiger partial charge in [-0.05, 0) is 49.6 Å². The first-order valence-electron chi connectivity index (χ1n) is 12.8. The fourth-order valence-corrected chi connectivity index (χ4v) is 5.28. The molecule has 8 nitrogen and oxygen atoms in total. The number of nitriles is 1. The Kier molecular flexibility index (Phi) is 9.29. The molecular weight excluding hydrogens is 486 g/mol. The van der Waals surface area contributed by atoms with E-state index in [1.54, 1.807) is 12.1 Å². The van der Waals surface area contributed by atoms with Crippen LogP contribution in [0.1, 0.15) is 37.1 Å². The van der Waals surface area contributed by atoms with E-state index in [0.717, 1.165) is 36.5 Å². The molecule has 9 heteroatoms. The van der Waals surface area contributed by atoms with Gasteiger partial charge in [0, 0.05) is 56.3 Å². The average molecular weight is 520 g/mol. The monoisotopic (exact) mass is 519 g/mol. The largest absolute Gasteiger partial charge is 0.354 e. The highest BCUT2D eigenvalue weighted by Crippen LogP contribution is 2.31. The lowest BCUT2D eigenvalue weighted by molar-refractivity contribution is -0.136. The summed E-state index contributed by atoms with van der Waals surface area (Å²) in [6.45, 7) is 5.87. The Bertz CT molecular complexity index is 1150. The molecule has 1 aromatic heterocycles. The smallest absolute Gasteiger partial charge is 0.228 e. The lowest BCUT2D eigenvalue weighted by Gasteiger charge is -2.31. The van der Waals surface area contributed by atoms with Crippen molar-refractivity contribution < 1.29 is 4.79 Å². The molecule has 2 unspecified atom stereocenters. The number of rotatable bonds is 6. The first-order chi connectivity index (χ1) is 18.0. The van der Waals surface area contributed by atoms with Crippen molar-refractivity contribution in [3.8, 4) is 6.07 Å². The van der Waals surface area contributed by atoms with Gasteiger partial charge in [-0.3, -0.25) is 4.79 Å². The lowest BCUT2D eigenvalue weighted by Crippen LogP contribution is -2.45. The molecule has 2 fully saturated rings. The number of aromatic nitrogens is 2. The van der Waals surface area contributed by atoms with Crippen LogP contribution in [-0.4, -0.2) is 60.3 Å². The Morgan fingerprint density at radius 3 is 2.73 bits per heavy atom. The van der Waals surface area contributed by atoms with Gasteiger partial charge in [0.15, 0.2) is 11.5 Å². The van der Waals surface area contributed by atoms with E-state index in [9.17, 15) is 4.79 Å². The molecule has 2 aliphatic rings. The minimum atomic E-state index is -0.190. The number of amides is 1. The molecule has 1 amide bonds. The van der Waals surface area contributed by atoms with Gasteiger partial charge < -0.3 is 20.9 Å². The van der Waals surface area contributed by atoms with Gasteiger partial charge in [-0.1, -0.05) is 47.5 Å². The standard InChI is InChI=1S/C28H34ClN7O/c1-20(4-2-12-30)16-22-18-36(27-11-10-24(17-31)33-34-27)19-25(22)28(37)35-14-3-5-26(32-13-15-35)21-6-8-23(29)9-7-21/h2,4,6-11,16,22,25-26,32H,3,5,12-15,18-19,30H2,1H3/b4-2-,20-16-/t22-,25?,26?/m1/s1. The van der Waals surface area contributed by atoms with Crippen LogP contribution in [0.4, 0.5) is 5.82 Å². The second-order valence-corrected chi connectivity index (χ2v) is 10.1. The zero-order valence-corrected chi connectivity index (χ0v) is 21.9. The maximum absolute atomic E-state index is 13.8. The van der Waals surface area contributed by atoms with Gasteiger partial charge in [0.05, 0.1) is 5.92 Å². The highest BCUT2D eigenvalue weighted by molar-refractivity contribution is 6.30. The number of nitrogens with two attached hydrogens (primary N) is 1. The Balaban J connectivity index is 1.46. The van der Waals surface area contributed by atoms with Gasteiger partial charge in [-0.2, -0.15) is 5.26 Å². The van der Waals surface area contributed by atoms with Crippen LogP contribution in [0.5, 0.6) is 0 Å². The molecule has 0 spiro atoms. The molecule has 2 saturated heterocycles. The summed E-state index contributed by atoms with van der Waals surface area (Å²) in [5.74, 6) is 0.702. The number of hydrogen-bond acceptors (Lipinski definition) is 7. The van der Waals surface area contributed by atoms with E-state index in [2.05, 4.69) is 38.6 Å². The van der Waals surface area contributed by atoms with E-state index in [1.807, 2.05) is 42.2 Å². The summed E-state index contributed by atoms with van der Waals surface area (Å²) in [4.78, 5) is 18.0. The summed E-state index contributed by atoms with van der Waals surface area (Å²) in [5, 5.41) is 21.6. The molecule has 3 atom stereocenters. The van der Waals surface area contributed by atoms with Crippen LogP contribution in [0.2, 0.25) is 5.02 Å². The maximum atomic E-state index is 13.8. The van der Waals surface area contributed by atoms with Crippen molar-refractivity contribution in [3.05, 3.63) is 76.5 Å². The molecule has 194 valence electrons. The Morgan fingerprint density at radius 2 is 2.03 bits per heavy atom. The van der Waals surface area contributed by atoms with Crippen molar-refractivity contribution in [3.63, 3.8) is 0 Å². The van der Waals surface area contributed by atoms with Crippen LogP contribution in [0.15, 0.2) is 60.2 Å². The number of carbonyl (C=O) groups excluding carboxylic acids is 1. The summed E-state index contributed by atoms with van der Waals surface area (Å²) < 4.78 is 0. The van der Waals surface area contributed by atoms with Crippen LogP contribution >= 0.6 is 11.6 Å². The molecule has 0 radical (unpaired) electrons. The Hall–Kier alpha value is -3.25. The molecule has 3 N–H and O–H groups in total. The molecule has 0 saturated carbocycles. The molecule has 4 rings (SSSR count). The van der Waals surface area contributed by atoms with Gasteiger partial charge in [-0.15, -0.1) is 10.2 Å². The second-order valence-electron chi connectivity index (χ2n) is 9.64. The molecule has 1 aromatic carbocycles. The third kappa shape index (κ3) is 6.95. The van der Waals surface area contributed by atoms with Crippen molar-refractivity contribution in [2.45, 2.75) is 25.8 Å². The number of benzene rings is 1. The quantitative estimate of drug-likeness (QED) is 0.562. The van der Waals surface area contributed by atoms with Crippen molar-refractivity contribution in [1.29, 1.82) is 5.26 Å². The first kappa shape index (κ1) is 26.8. The molecule has 37 heavy (non-hydrogen) atoms. The van der Waals surface area contributed by atoms with Gasteiger partial charge in [0.2, 0.25) is 5.91 Å². The number of allylic oxidation sites excluding steroid dienone is 2. The first-order valence-corrected chi connectivity index (χ1v) is 13.2. The normalized spacial score (nSPS) is 23.1. The third-order valence-corrected chi connectivity index (χ3v) is 7.29. The Morgan fingerprint density at radius 1 is 1.22 bits per heavy atom. The molecule has 0 aliphatic carbocycles. The second kappa shape index (κ2) is 12.8. The van der Waals surface area contributed by atoms with E-state index in [0.29, 0.717) is 32.0 Å². The summed E-state index contributed by atoms with van der Waals surface area (Å²) in [7, 11) is 0. The SMILES string of the molecule is CC(/C=C\CN)=C/[C@@H]1CN(c2ccc(C#N)nn2)CC1C(=O)N1CCCC(c2ccc(Cl)cc2)NCC1. The van der Waals surface area contributed by atoms with E-state index < -0.39 is 0 Å². The van der Waals surface area contributed by atoms with Crippen molar-refractivity contribution >= 4 is 23.3 Å². The number of nitrogens with one attached hydrogen (secondary N) is 1. The van der Waals surface area contributed by atoms with Crippen LogP contribution in [-0.2, 0) is 4.79 Å². The molecule has 2 aromatic rings. The van der Waals surface area contributed by atoms with Crippen LogP contribution in [0, 0.1) is 23.2 Å². The maximum Gasteiger partial charge on any atom is 0.228 e. The van der Waals surface area contributed by atoms with E-state index in [-0.39, 0.29) is 29.5 Å². The third-order valence-electron chi connectivity index (χ3n) is 7.04. The van der Waals surface area contributed by atoms with Crippen LogP contribution in [0.25, 0.3) is 0 Å². The minimum absolute atomic E-state index is 0.0348. The van der Waals surface area contributed by atoms with Gasteiger partial charge in [-0.25, -0.2) is 0 Å². The topological polar surface area (TPSA) is 111 Å². The van der Waals surface area contributed by atoms with E-state index in [1.165, 1.54) is 5.56 Å². The van der Waals surface area contributed by atoms with Gasteiger partial charge in [0.25, 0.3) is 0 Å². The predicted octanol–water partition coefficient (Wildman–Crippen LogP) is 3.47. The molecule has 2 aliphatic heterocycles. The lowest BCUT2D eigenvalue weighted by atomic mass is 9.92. The highest BCUT2D eigenvalue weighted by atomic mass is 35.5. The van der Waals surface area contributed by atoms with Crippen molar-refractivity contribution in [1.82, 2.24) is 20.4 Å². The summed E-state index contributed by atoms with van der Waals surface area (Å²) >= 11 is 6.05. The minimum Gasteiger partial charge on any atom is -0.354 e. The van der Waals surface area contributed by atoms with E-state index in [4.69, 9.17) is 22.6 Å². The van der Waals surface area contributed by atoms with Crippen LogP contribution in [0.3, 0.4) is 0 Å².